The van der Waals surface area contributed by atoms with Crippen LogP contribution in [-0.2, 0) is 20.1 Å². The second-order valence-electron chi connectivity index (χ2n) is 7.49. The van der Waals surface area contributed by atoms with Gasteiger partial charge in [0.05, 0.1) is 11.9 Å². The molecule has 0 fully saturated rings. The van der Waals surface area contributed by atoms with E-state index in [0.717, 1.165) is 38.6 Å². The van der Waals surface area contributed by atoms with Crippen LogP contribution in [0.5, 0.6) is 5.75 Å². The molecule has 0 aliphatic carbocycles. The molecule has 0 unspecified atom stereocenters. The number of hydrogen-bond donors (Lipinski definition) is 5. The van der Waals surface area contributed by atoms with Crippen molar-refractivity contribution in [2.24, 2.45) is 12.8 Å². The third-order valence-electron chi connectivity index (χ3n) is 5.40. The zero-order chi connectivity index (χ0) is 23.4. The zero-order valence-corrected chi connectivity index (χ0v) is 18.2. The van der Waals surface area contributed by atoms with Crippen molar-refractivity contribution in [2.75, 3.05) is 16.8 Å². The number of nitrogens with zero attached hydrogens (tertiary/aromatic N) is 4. The van der Waals surface area contributed by atoms with Gasteiger partial charge in [-0.2, -0.15) is 5.10 Å². The van der Waals surface area contributed by atoms with Gasteiger partial charge in [0.1, 0.15) is 23.1 Å². The molecule has 0 bridgehead atoms. The van der Waals surface area contributed by atoms with Crippen molar-refractivity contribution in [2.45, 2.75) is 13.1 Å². The second kappa shape index (κ2) is 9.41. The highest BCUT2D eigenvalue weighted by atomic mass is 16.3. The molecule has 33 heavy (non-hydrogen) atoms. The normalized spacial score (nSPS) is 10.7. The van der Waals surface area contributed by atoms with Crippen LogP contribution in [0, 0.1) is 0 Å². The number of aromatic hydroxyl groups is 1. The molecule has 2 aromatic heterocycles. The highest BCUT2D eigenvalue weighted by molar-refractivity contribution is 5.96. The maximum atomic E-state index is 10.3. The average molecular weight is 443 g/mol. The van der Waals surface area contributed by atoms with Gasteiger partial charge in [-0.25, -0.2) is 9.97 Å². The Morgan fingerprint density at radius 1 is 1.00 bits per heavy atom. The summed E-state index contributed by atoms with van der Waals surface area (Å²) in [5, 5.41) is 19.5. The van der Waals surface area contributed by atoms with Crippen LogP contribution in [0.25, 0.3) is 21.8 Å². The van der Waals surface area contributed by atoms with Crippen molar-refractivity contribution >= 4 is 39.0 Å². The lowest BCUT2D eigenvalue weighted by Gasteiger charge is -2.14. The number of para-hydroxylation sites is 1. The number of phenolic OH excluding ortho intramolecular Hbond substituents is 1. The van der Waals surface area contributed by atoms with Gasteiger partial charge in [-0.1, -0.05) is 42.5 Å². The summed E-state index contributed by atoms with van der Waals surface area (Å²) in [4.78, 5) is 7.83. The number of fused-ring (bicyclic) bond motifs is 2. The smallest absolute Gasteiger partial charge is 0.153 e. The van der Waals surface area contributed by atoms with Crippen LogP contribution in [0.2, 0.25) is 0 Å². The molecule has 8 N–H and O–H groups in total. The summed E-state index contributed by atoms with van der Waals surface area (Å²) in [6, 6.07) is 17.6. The molecule has 0 atom stereocenters. The van der Waals surface area contributed by atoms with Crippen molar-refractivity contribution in [3.8, 4) is 5.75 Å². The van der Waals surface area contributed by atoms with E-state index in [4.69, 9.17) is 17.2 Å². The number of phenols is 1. The maximum Gasteiger partial charge on any atom is 0.153 e. The number of nitrogens with one attached hydrogen (secondary N) is 1. The summed E-state index contributed by atoms with van der Waals surface area (Å²) in [6.07, 6.45) is 3.09. The number of aryl methyl sites for hydroxylation is 1. The van der Waals surface area contributed by atoms with E-state index in [1.165, 1.54) is 6.33 Å². The summed E-state index contributed by atoms with van der Waals surface area (Å²) in [5.74, 6) is 0.603. The first-order chi connectivity index (χ1) is 16.0. The van der Waals surface area contributed by atoms with Gasteiger partial charge in [0, 0.05) is 36.8 Å². The molecular weight excluding hydrogens is 416 g/mol. The number of nitrogen functional groups attached to an aromatic ring is 2. The Hall–Kier alpha value is -4.37. The molecule has 2 heterocycles. The Balaban J connectivity index is 0.000000196. The third kappa shape index (κ3) is 4.48. The van der Waals surface area contributed by atoms with Crippen LogP contribution < -0.4 is 22.5 Å². The molecule has 3 aromatic carbocycles. The maximum absolute atomic E-state index is 10.3. The van der Waals surface area contributed by atoms with Crippen molar-refractivity contribution < 1.29 is 5.11 Å². The van der Waals surface area contributed by atoms with Gasteiger partial charge in [0.15, 0.2) is 5.82 Å². The highest BCUT2D eigenvalue weighted by Gasteiger charge is 2.10. The number of aromatic nitrogens is 4. The summed E-state index contributed by atoms with van der Waals surface area (Å²) < 4.78 is 1.66. The lowest BCUT2D eigenvalue weighted by molar-refractivity contribution is 0.472. The zero-order valence-electron chi connectivity index (χ0n) is 18.2. The Morgan fingerprint density at radius 3 is 2.55 bits per heavy atom. The fourth-order valence-corrected chi connectivity index (χ4v) is 3.65. The third-order valence-corrected chi connectivity index (χ3v) is 5.40. The molecule has 5 aromatic rings. The number of nitrogens with two attached hydrogens (primary N) is 3. The van der Waals surface area contributed by atoms with Gasteiger partial charge in [0.25, 0.3) is 0 Å². The van der Waals surface area contributed by atoms with E-state index in [9.17, 15) is 5.11 Å². The summed E-state index contributed by atoms with van der Waals surface area (Å²) >= 11 is 0. The standard InChI is InChI=1S/C18H19N3O.C6H7N5/c19-10-13-6-2-4-8-16(13)21-11-14-9-12-5-1-3-7-15(12)17(20)18(14)22;1-11-5-4(2-10-11)8-3-9-6(5)7/h1-9,21-22H,10-11,19-20H2;2-3H,1H3,(H2,7,8,9). The molecule has 0 spiro atoms. The van der Waals surface area contributed by atoms with Gasteiger partial charge < -0.3 is 27.6 Å². The van der Waals surface area contributed by atoms with Crippen molar-refractivity contribution in [3.05, 3.63) is 78.2 Å². The van der Waals surface area contributed by atoms with E-state index in [0.29, 0.717) is 24.6 Å². The van der Waals surface area contributed by atoms with Gasteiger partial charge >= 0.3 is 0 Å². The van der Waals surface area contributed by atoms with Gasteiger partial charge in [-0.3, -0.25) is 4.68 Å². The van der Waals surface area contributed by atoms with Crippen molar-refractivity contribution in [1.82, 2.24) is 19.7 Å². The number of hydrogen-bond acceptors (Lipinski definition) is 8. The van der Waals surface area contributed by atoms with Crippen LogP contribution in [-0.4, -0.2) is 24.9 Å². The van der Waals surface area contributed by atoms with Crippen molar-refractivity contribution in [1.29, 1.82) is 0 Å². The molecular formula is C24H26N8O. The molecule has 0 aliphatic heterocycles. The molecule has 0 amide bonds. The Morgan fingerprint density at radius 2 is 1.76 bits per heavy atom. The molecule has 0 saturated heterocycles. The quantitative estimate of drug-likeness (QED) is 0.210. The predicted molar refractivity (Wildman–Crippen MR) is 132 cm³/mol. The molecule has 0 aliphatic rings. The van der Waals surface area contributed by atoms with Crippen molar-refractivity contribution in [3.63, 3.8) is 0 Å². The molecule has 9 nitrogen and oxygen atoms in total. The van der Waals surface area contributed by atoms with E-state index >= 15 is 0 Å². The summed E-state index contributed by atoms with van der Waals surface area (Å²) in [7, 11) is 1.81. The first kappa shape index (κ1) is 21.8. The lowest BCUT2D eigenvalue weighted by atomic mass is 10.0. The van der Waals surface area contributed by atoms with Crippen LogP contribution >= 0.6 is 0 Å². The lowest BCUT2D eigenvalue weighted by Crippen LogP contribution is -2.06. The summed E-state index contributed by atoms with van der Waals surface area (Å²) in [5.41, 5.74) is 22.1. The predicted octanol–water partition coefficient (Wildman–Crippen LogP) is 3.14. The SMILES string of the molecule is Cn1ncc2ncnc(N)c21.NCc1ccccc1NCc1cc2ccccc2c(N)c1O. The molecule has 168 valence electrons. The molecule has 0 radical (unpaired) electrons. The molecule has 0 saturated carbocycles. The average Bonchev–Trinajstić information content (AvgIpc) is 3.23. The van der Waals surface area contributed by atoms with E-state index in [-0.39, 0.29) is 5.75 Å². The van der Waals surface area contributed by atoms with Gasteiger partial charge in [0.2, 0.25) is 0 Å². The molecule has 5 rings (SSSR count). The fraction of sp³-hybridized carbons (Fsp3) is 0.125. The van der Waals surface area contributed by atoms with Crippen LogP contribution in [0.15, 0.2) is 67.1 Å². The van der Waals surface area contributed by atoms with E-state index in [1.807, 2.05) is 61.6 Å². The number of benzene rings is 3. The van der Waals surface area contributed by atoms with Gasteiger partial charge in [-0.15, -0.1) is 0 Å². The molecule has 9 heteroatoms. The topological polar surface area (TPSA) is 154 Å². The number of anilines is 3. The van der Waals surface area contributed by atoms with Crippen LogP contribution in [0.4, 0.5) is 17.2 Å². The summed E-state index contributed by atoms with van der Waals surface area (Å²) in [6.45, 7) is 0.951. The monoisotopic (exact) mass is 442 g/mol. The Labute approximate surface area is 190 Å². The van der Waals surface area contributed by atoms with Gasteiger partial charge in [-0.05, 0) is 23.1 Å². The largest absolute Gasteiger partial charge is 0.505 e. The Kier molecular flexibility index (Phi) is 6.23. The van der Waals surface area contributed by atoms with Crippen LogP contribution in [0.1, 0.15) is 11.1 Å². The van der Waals surface area contributed by atoms with E-state index < -0.39 is 0 Å². The minimum Gasteiger partial charge on any atom is -0.505 e. The second-order valence-corrected chi connectivity index (χ2v) is 7.49. The first-order valence-corrected chi connectivity index (χ1v) is 10.4. The number of rotatable bonds is 4. The minimum absolute atomic E-state index is 0.136. The van der Waals surface area contributed by atoms with E-state index in [1.54, 1.807) is 10.9 Å². The van der Waals surface area contributed by atoms with Crippen LogP contribution in [0.3, 0.4) is 0 Å². The van der Waals surface area contributed by atoms with E-state index in [2.05, 4.69) is 20.4 Å². The first-order valence-electron chi connectivity index (χ1n) is 10.4. The fourth-order valence-electron chi connectivity index (χ4n) is 3.65. The Bertz CT molecular complexity index is 1410. The minimum atomic E-state index is 0.136. The highest BCUT2D eigenvalue weighted by Crippen LogP contribution is 2.34.